The number of rotatable bonds is 6. The van der Waals surface area contributed by atoms with Gasteiger partial charge in [0.1, 0.15) is 11.3 Å². The Kier molecular flexibility index (Phi) is 6.08. The summed E-state index contributed by atoms with van der Waals surface area (Å²) in [5.74, 6) is -1.57. The summed E-state index contributed by atoms with van der Waals surface area (Å²) in [6.07, 6.45) is 4.24. The molecule has 0 saturated heterocycles. The number of amides is 2. The van der Waals surface area contributed by atoms with Crippen molar-refractivity contribution in [2.24, 2.45) is 16.0 Å². The summed E-state index contributed by atoms with van der Waals surface area (Å²) >= 11 is 0. The van der Waals surface area contributed by atoms with Crippen molar-refractivity contribution in [1.82, 2.24) is 19.7 Å². The van der Waals surface area contributed by atoms with Crippen molar-refractivity contribution in [3.05, 3.63) is 95.9 Å². The zero-order chi connectivity index (χ0) is 25.9. The fourth-order valence-electron chi connectivity index (χ4n) is 3.68. The van der Waals surface area contributed by atoms with Crippen molar-refractivity contribution >= 4 is 39.8 Å². The largest absolute Gasteiger partial charge is 0.505 e. The van der Waals surface area contributed by atoms with Crippen LogP contribution in [0, 0.1) is 6.92 Å². The number of nitrogens with zero attached hydrogens (tertiary/aromatic N) is 6. The summed E-state index contributed by atoms with van der Waals surface area (Å²) in [7, 11) is 0. The van der Waals surface area contributed by atoms with Crippen molar-refractivity contribution in [2.45, 2.75) is 6.92 Å². The zero-order valence-electron chi connectivity index (χ0n) is 19.5. The smallest absolute Gasteiger partial charge is 0.259 e. The van der Waals surface area contributed by atoms with E-state index in [4.69, 9.17) is 5.73 Å². The minimum Gasteiger partial charge on any atom is -0.505 e. The molecule has 2 aromatic heterocycles. The topological polar surface area (TPSA) is 161 Å². The number of fused-ring (bicyclic) bond motifs is 1. The molecule has 182 valence electrons. The molecule has 0 aliphatic rings. The van der Waals surface area contributed by atoms with Gasteiger partial charge in [-0.1, -0.05) is 42.0 Å². The molecular weight excluding hydrogens is 472 g/mol. The first-order valence-corrected chi connectivity index (χ1v) is 11.1. The Balaban J connectivity index is 1.61. The average molecular weight is 492 g/mol. The van der Waals surface area contributed by atoms with Gasteiger partial charge in [0.05, 0.1) is 11.8 Å². The number of carbonyl (C=O) groups excluding carboxylic acids is 2. The summed E-state index contributed by atoms with van der Waals surface area (Å²) in [5.41, 5.74) is 7.14. The van der Waals surface area contributed by atoms with E-state index in [1.165, 1.54) is 23.3 Å². The van der Waals surface area contributed by atoms with Crippen LogP contribution in [0.25, 0.3) is 16.7 Å². The van der Waals surface area contributed by atoms with Crippen LogP contribution in [0.2, 0.25) is 0 Å². The van der Waals surface area contributed by atoms with Crippen LogP contribution in [0.4, 0.5) is 17.2 Å². The summed E-state index contributed by atoms with van der Waals surface area (Å²) in [5, 5.41) is 27.6. The molecule has 4 N–H and O–H groups in total. The highest BCUT2D eigenvalue weighted by molar-refractivity contribution is 6.11. The first-order chi connectivity index (χ1) is 17.9. The Morgan fingerprint density at radius 1 is 0.973 bits per heavy atom. The number of aromatic hydroxyl groups is 1. The van der Waals surface area contributed by atoms with Crippen molar-refractivity contribution in [1.29, 1.82) is 0 Å². The number of carbonyl (C=O) groups is 2. The average Bonchev–Trinajstić information content (AvgIpc) is 3.34. The van der Waals surface area contributed by atoms with E-state index in [1.807, 2.05) is 19.1 Å². The lowest BCUT2D eigenvalue weighted by molar-refractivity contribution is 0.0997. The van der Waals surface area contributed by atoms with Crippen LogP contribution in [0.1, 0.15) is 26.3 Å². The second-order valence-corrected chi connectivity index (χ2v) is 8.07. The number of nitrogens with two attached hydrogens (primary N) is 1. The molecule has 11 heteroatoms. The van der Waals surface area contributed by atoms with E-state index in [1.54, 1.807) is 48.5 Å². The third kappa shape index (κ3) is 4.60. The number of phenols is 1. The second-order valence-electron chi connectivity index (χ2n) is 8.07. The van der Waals surface area contributed by atoms with E-state index < -0.39 is 11.8 Å². The molecular formula is C26H20N8O3. The predicted octanol–water partition coefficient (Wildman–Crippen LogP) is 4.60. The lowest BCUT2D eigenvalue weighted by Gasteiger charge is -2.11. The Bertz CT molecular complexity index is 1660. The molecule has 5 rings (SSSR count). The Morgan fingerprint density at radius 3 is 2.43 bits per heavy atom. The summed E-state index contributed by atoms with van der Waals surface area (Å²) in [4.78, 5) is 33.4. The van der Waals surface area contributed by atoms with Crippen LogP contribution >= 0.6 is 0 Å². The molecule has 11 nitrogen and oxygen atoms in total. The Labute approximate surface area is 210 Å². The SMILES string of the molecule is Cc1ccc(NC(=O)c2cc3ccccc3c(N=Nc3c(C(N)=O)cnn3-c3ncccn3)c2O)cc1. The van der Waals surface area contributed by atoms with Gasteiger partial charge in [0, 0.05) is 23.5 Å². The van der Waals surface area contributed by atoms with E-state index in [0.29, 0.717) is 16.5 Å². The number of phenolic OH excluding ortho intramolecular Hbond substituents is 1. The number of aryl methyl sites for hydroxylation is 1. The quantitative estimate of drug-likeness (QED) is 0.294. The lowest BCUT2D eigenvalue weighted by Crippen LogP contribution is -2.12. The maximum absolute atomic E-state index is 13.1. The monoisotopic (exact) mass is 492 g/mol. The maximum Gasteiger partial charge on any atom is 0.259 e. The zero-order valence-corrected chi connectivity index (χ0v) is 19.5. The molecule has 0 atom stereocenters. The number of anilines is 1. The molecule has 5 aromatic rings. The van der Waals surface area contributed by atoms with Gasteiger partial charge in [-0.15, -0.1) is 10.2 Å². The van der Waals surface area contributed by atoms with Crippen LogP contribution in [0.5, 0.6) is 5.75 Å². The third-order valence-electron chi connectivity index (χ3n) is 5.54. The number of primary amides is 1. The van der Waals surface area contributed by atoms with Crippen molar-refractivity contribution < 1.29 is 14.7 Å². The van der Waals surface area contributed by atoms with Crippen molar-refractivity contribution in [3.8, 4) is 11.7 Å². The fraction of sp³-hybridized carbons (Fsp3) is 0.0385. The van der Waals surface area contributed by atoms with Crippen LogP contribution < -0.4 is 11.1 Å². The standard InChI is InChI=1S/C26H20N8O3/c1-15-7-9-17(10-8-15)31-25(37)19-13-16-5-2-3-6-18(16)21(22(19)35)32-33-24-20(23(27)36)14-30-34(24)26-28-11-4-12-29-26/h2-14,35H,1H3,(H2,27,36)(H,31,37). The van der Waals surface area contributed by atoms with Crippen LogP contribution in [-0.4, -0.2) is 36.7 Å². The Hall–Kier alpha value is -5.45. The van der Waals surface area contributed by atoms with E-state index in [9.17, 15) is 14.7 Å². The molecule has 2 heterocycles. The summed E-state index contributed by atoms with van der Waals surface area (Å²) in [6.45, 7) is 1.94. The van der Waals surface area contributed by atoms with Gasteiger partial charge in [-0.05, 0) is 36.6 Å². The molecule has 0 unspecified atom stereocenters. The number of benzene rings is 3. The second kappa shape index (κ2) is 9.66. The van der Waals surface area contributed by atoms with Crippen LogP contribution in [0.3, 0.4) is 0 Å². The van der Waals surface area contributed by atoms with Gasteiger partial charge < -0.3 is 16.2 Å². The number of nitrogens with one attached hydrogen (secondary N) is 1. The minimum absolute atomic E-state index is 0.00301. The van der Waals surface area contributed by atoms with Crippen LogP contribution in [-0.2, 0) is 0 Å². The van der Waals surface area contributed by atoms with E-state index in [2.05, 4.69) is 30.6 Å². The molecule has 37 heavy (non-hydrogen) atoms. The van der Waals surface area contributed by atoms with Gasteiger partial charge in [0.25, 0.3) is 17.8 Å². The van der Waals surface area contributed by atoms with Gasteiger partial charge >= 0.3 is 0 Å². The van der Waals surface area contributed by atoms with Crippen molar-refractivity contribution in [2.75, 3.05) is 5.32 Å². The molecule has 0 radical (unpaired) electrons. The minimum atomic E-state index is -0.781. The molecule has 0 aliphatic carbocycles. The molecule has 0 bridgehead atoms. The highest BCUT2D eigenvalue weighted by atomic mass is 16.3. The van der Waals surface area contributed by atoms with Gasteiger partial charge in [-0.2, -0.15) is 9.78 Å². The van der Waals surface area contributed by atoms with Gasteiger partial charge in [-0.25, -0.2) is 9.97 Å². The Morgan fingerprint density at radius 2 is 1.70 bits per heavy atom. The van der Waals surface area contributed by atoms with E-state index in [0.717, 1.165) is 5.56 Å². The molecule has 3 aromatic carbocycles. The number of azo groups is 1. The summed E-state index contributed by atoms with van der Waals surface area (Å²) < 4.78 is 1.21. The predicted molar refractivity (Wildman–Crippen MR) is 137 cm³/mol. The molecule has 0 fully saturated rings. The summed E-state index contributed by atoms with van der Waals surface area (Å²) in [6, 6.07) is 17.6. The number of hydrogen-bond donors (Lipinski definition) is 3. The molecule has 0 aliphatic heterocycles. The van der Waals surface area contributed by atoms with Gasteiger partial charge in [0.2, 0.25) is 0 Å². The number of aromatic nitrogens is 4. The van der Waals surface area contributed by atoms with Gasteiger partial charge in [-0.3, -0.25) is 9.59 Å². The first kappa shape index (κ1) is 23.3. The van der Waals surface area contributed by atoms with Gasteiger partial charge in [0.15, 0.2) is 11.6 Å². The normalized spacial score (nSPS) is 11.2. The third-order valence-corrected chi connectivity index (χ3v) is 5.54. The molecule has 0 saturated carbocycles. The highest BCUT2D eigenvalue weighted by Gasteiger charge is 2.21. The molecule has 0 spiro atoms. The maximum atomic E-state index is 13.1. The van der Waals surface area contributed by atoms with E-state index in [-0.39, 0.29) is 34.3 Å². The van der Waals surface area contributed by atoms with Crippen LogP contribution in [0.15, 0.2) is 89.5 Å². The highest BCUT2D eigenvalue weighted by Crippen LogP contribution is 2.40. The lowest BCUT2D eigenvalue weighted by atomic mass is 10.0. The van der Waals surface area contributed by atoms with Crippen molar-refractivity contribution in [3.63, 3.8) is 0 Å². The molecule has 2 amide bonds. The van der Waals surface area contributed by atoms with E-state index >= 15 is 0 Å². The first-order valence-electron chi connectivity index (χ1n) is 11.1. The fourth-order valence-corrected chi connectivity index (χ4v) is 3.68. The number of hydrogen-bond acceptors (Lipinski definition) is 8.